The molecule has 19 heavy (non-hydrogen) atoms. The number of ether oxygens (including phenoxy) is 1. The molecule has 1 aromatic rings. The molecule has 1 aliphatic heterocycles. The third-order valence-corrected chi connectivity index (χ3v) is 4.36. The lowest BCUT2D eigenvalue weighted by molar-refractivity contribution is -0.128. The summed E-state index contributed by atoms with van der Waals surface area (Å²) in [6.07, 6.45) is 1.05. The van der Waals surface area contributed by atoms with Gasteiger partial charge in [0.1, 0.15) is 5.75 Å². The summed E-state index contributed by atoms with van der Waals surface area (Å²) in [5.74, 6) is 1.48. The first kappa shape index (κ1) is 14.2. The van der Waals surface area contributed by atoms with Crippen molar-refractivity contribution in [1.82, 2.24) is 10.2 Å². The zero-order valence-electron chi connectivity index (χ0n) is 11.4. The number of rotatable bonds is 5. The summed E-state index contributed by atoms with van der Waals surface area (Å²) in [4.78, 5) is 15.0. The highest BCUT2D eigenvalue weighted by Gasteiger charge is 2.22. The second-order valence-corrected chi connectivity index (χ2v) is 5.67. The number of amides is 1. The molecule has 1 unspecified atom stereocenters. The molecule has 2 rings (SSSR count). The molecule has 0 aliphatic carbocycles. The van der Waals surface area contributed by atoms with Gasteiger partial charge in [-0.05, 0) is 31.2 Å². The average Bonchev–Trinajstić information content (AvgIpc) is 2.98. The summed E-state index contributed by atoms with van der Waals surface area (Å²) in [5.41, 5.74) is 0. The summed E-state index contributed by atoms with van der Waals surface area (Å²) < 4.78 is 5.17. The second kappa shape index (κ2) is 6.82. The predicted molar refractivity (Wildman–Crippen MR) is 77.8 cm³/mol. The van der Waals surface area contributed by atoms with E-state index in [-0.39, 0.29) is 5.91 Å². The van der Waals surface area contributed by atoms with Crippen LogP contribution in [0.1, 0.15) is 6.42 Å². The van der Waals surface area contributed by atoms with Crippen molar-refractivity contribution in [3.05, 3.63) is 24.3 Å². The lowest BCUT2D eigenvalue weighted by Gasteiger charge is -2.23. The van der Waals surface area contributed by atoms with E-state index in [2.05, 4.69) is 5.32 Å². The molecule has 1 aromatic carbocycles. The van der Waals surface area contributed by atoms with E-state index in [0.717, 1.165) is 30.2 Å². The molecule has 5 heteroatoms. The van der Waals surface area contributed by atoms with Gasteiger partial charge in [-0.3, -0.25) is 4.79 Å². The van der Waals surface area contributed by atoms with Gasteiger partial charge in [-0.15, -0.1) is 11.8 Å². The molecule has 0 radical (unpaired) electrons. The van der Waals surface area contributed by atoms with E-state index in [1.807, 2.05) is 36.2 Å². The molecule has 1 heterocycles. The molecule has 1 saturated heterocycles. The summed E-state index contributed by atoms with van der Waals surface area (Å²) in [6.45, 7) is 1.91. The third kappa shape index (κ3) is 3.88. The van der Waals surface area contributed by atoms with Crippen LogP contribution in [0.15, 0.2) is 29.2 Å². The Morgan fingerprint density at radius 1 is 1.58 bits per heavy atom. The molecule has 1 fully saturated rings. The summed E-state index contributed by atoms with van der Waals surface area (Å²) in [6, 6.07) is 8.14. The highest BCUT2D eigenvalue weighted by molar-refractivity contribution is 8.00. The fraction of sp³-hybridized carbons (Fsp3) is 0.500. The molecule has 0 aromatic heterocycles. The smallest absolute Gasteiger partial charge is 0.232 e. The first-order chi connectivity index (χ1) is 9.20. The molecule has 1 amide bonds. The number of thioether (sulfide) groups is 1. The number of hydrogen-bond acceptors (Lipinski definition) is 4. The topological polar surface area (TPSA) is 41.6 Å². The van der Waals surface area contributed by atoms with Crippen molar-refractivity contribution in [2.45, 2.75) is 17.4 Å². The monoisotopic (exact) mass is 280 g/mol. The maximum atomic E-state index is 12.1. The van der Waals surface area contributed by atoms with Gasteiger partial charge in [0.05, 0.1) is 12.9 Å². The fourth-order valence-electron chi connectivity index (χ4n) is 2.11. The molecular formula is C14H20N2O2S. The van der Waals surface area contributed by atoms with Gasteiger partial charge in [-0.1, -0.05) is 6.07 Å². The normalized spacial score (nSPS) is 18.3. The molecule has 1 N–H and O–H groups in total. The van der Waals surface area contributed by atoms with Gasteiger partial charge in [0.15, 0.2) is 0 Å². The van der Waals surface area contributed by atoms with Crippen LogP contribution >= 0.6 is 11.8 Å². The van der Waals surface area contributed by atoms with Crippen molar-refractivity contribution in [2.75, 3.05) is 33.0 Å². The average molecular weight is 280 g/mol. The van der Waals surface area contributed by atoms with Crippen LogP contribution in [0.25, 0.3) is 0 Å². The highest BCUT2D eigenvalue weighted by Crippen LogP contribution is 2.23. The first-order valence-electron chi connectivity index (χ1n) is 6.44. The Bertz CT molecular complexity index is 433. The largest absolute Gasteiger partial charge is 0.497 e. The van der Waals surface area contributed by atoms with Crippen molar-refractivity contribution in [3.63, 3.8) is 0 Å². The molecule has 104 valence electrons. The Morgan fingerprint density at radius 2 is 2.42 bits per heavy atom. The van der Waals surface area contributed by atoms with Crippen LogP contribution in [0.4, 0.5) is 0 Å². The van der Waals surface area contributed by atoms with Crippen LogP contribution < -0.4 is 10.1 Å². The lowest BCUT2D eigenvalue weighted by Crippen LogP contribution is -2.39. The van der Waals surface area contributed by atoms with Crippen LogP contribution in [0.5, 0.6) is 5.75 Å². The van der Waals surface area contributed by atoms with E-state index >= 15 is 0 Å². The zero-order chi connectivity index (χ0) is 13.7. The van der Waals surface area contributed by atoms with Gasteiger partial charge in [-0.25, -0.2) is 0 Å². The minimum absolute atomic E-state index is 0.182. The number of benzene rings is 1. The van der Waals surface area contributed by atoms with Crippen LogP contribution in [0.2, 0.25) is 0 Å². The molecule has 0 bridgehead atoms. The number of likely N-dealkylation sites (N-methyl/N-ethyl adjacent to an activating group) is 1. The molecule has 1 atom stereocenters. The van der Waals surface area contributed by atoms with Crippen LogP contribution in [-0.2, 0) is 4.79 Å². The Balaban J connectivity index is 1.85. The van der Waals surface area contributed by atoms with Gasteiger partial charge in [0.25, 0.3) is 0 Å². The van der Waals surface area contributed by atoms with E-state index in [1.165, 1.54) is 0 Å². The minimum Gasteiger partial charge on any atom is -0.497 e. The summed E-state index contributed by atoms with van der Waals surface area (Å²) in [5, 5.41) is 3.28. The molecule has 0 spiro atoms. The lowest BCUT2D eigenvalue weighted by atomic mass is 10.2. The number of methoxy groups -OCH3 is 1. The fourth-order valence-corrected chi connectivity index (χ4v) is 2.98. The van der Waals surface area contributed by atoms with Gasteiger partial charge in [-0.2, -0.15) is 0 Å². The highest BCUT2D eigenvalue weighted by atomic mass is 32.2. The maximum absolute atomic E-state index is 12.1. The van der Waals surface area contributed by atoms with Gasteiger partial charge >= 0.3 is 0 Å². The van der Waals surface area contributed by atoms with Crippen LogP contribution in [0, 0.1) is 0 Å². The molecule has 4 nitrogen and oxygen atoms in total. The number of nitrogens with zero attached hydrogens (tertiary/aromatic N) is 1. The Morgan fingerprint density at radius 3 is 3.11 bits per heavy atom. The van der Waals surface area contributed by atoms with E-state index in [9.17, 15) is 4.79 Å². The van der Waals surface area contributed by atoms with Crippen molar-refractivity contribution in [1.29, 1.82) is 0 Å². The Kier molecular flexibility index (Phi) is 5.10. The zero-order valence-corrected chi connectivity index (χ0v) is 12.2. The summed E-state index contributed by atoms with van der Waals surface area (Å²) in [7, 11) is 3.54. The molecule has 1 aliphatic rings. The predicted octanol–water partition coefficient (Wildman–Crippen LogP) is 1.61. The number of nitrogens with one attached hydrogen (secondary N) is 1. The number of carbonyl (C=O) groups is 1. The first-order valence-corrected chi connectivity index (χ1v) is 7.42. The molecule has 0 saturated carbocycles. The van der Waals surface area contributed by atoms with Crippen molar-refractivity contribution >= 4 is 17.7 Å². The number of hydrogen-bond donors (Lipinski definition) is 1. The standard InChI is InChI=1S/C14H20N2O2S/c1-16(11-6-7-15-9-11)14(17)10-19-13-5-3-4-12(8-13)18-2/h3-5,8,11,15H,6-7,9-10H2,1-2H3. The maximum Gasteiger partial charge on any atom is 0.232 e. The Hall–Kier alpha value is -1.20. The van der Waals surface area contributed by atoms with Gasteiger partial charge in [0, 0.05) is 24.5 Å². The van der Waals surface area contributed by atoms with E-state index in [0.29, 0.717) is 11.8 Å². The summed E-state index contributed by atoms with van der Waals surface area (Å²) >= 11 is 1.55. The van der Waals surface area contributed by atoms with Crippen molar-refractivity contribution in [3.8, 4) is 5.75 Å². The van der Waals surface area contributed by atoms with Gasteiger partial charge < -0.3 is 15.0 Å². The Labute approximate surface area is 118 Å². The SMILES string of the molecule is COc1cccc(SCC(=O)N(C)C2CCNC2)c1. The van der Waals surface area contributed by atoms with Crippen LogP contribution in [0.3, 0.4) is 0 Å². The van der Waals surface area contributed by atoms with Crippen molar-refractivity contribution < 1.29 is 9.53 Å². The quantitative estimate of drug-likeness (QED) is 0.832. The van der Waals surface area contributed by atoms with Crippen molar-refractivity contribution in [2.24, 2.45) is 0 Å². The van der Waals surface area contributed by atoms with Gasteiger partial charge in [0.2, 0.25) is 5.91 Å². The molecular weight excluding hydrogens is 260 g/mol. The third-order valence-electron chi connectivity index (χ3n) is 3.38. The second-order valence-electron chi connectivity index (χ2n) is 4.62. The van der Waals surface area contributed by atoms with E-state index < -0.39 is 0 Å². The van der Waals surface area contributed by atoms with E-state index in [4.69, 9.17) is 4.74 Å². The van der Waals surface area contributed by atoms with E-state index in [1.54, 1.807) is 18.9 Å². The minimum atomic E-state index is 0.182. The number of carbonyl (C=O) groups excluding carboxylic acids is 1. The van der Waals surface area contributed by atoms with Crippen LogP contribution in [-0.4, -0.2) is 49.8 Å².